The van der Waals surface area contributed by atoms with Crippen LogP contribution in [-0.4, -0.2) is 19.6 Å². The SMILES string of the molecule is CC(Nc1ccc(CNS(C)(=O)=O)cc1)c1cccc([N+](=O)[O-])c1. The van der Waals surface area contributed by atoms with Crippen molar-refractivity contribution < 1.29 is 13.3 Å². The molecule has 0 aliphatic carbocycles. The van der Waals surface area contributed by atoms with E-state index in [4.69, 9.17) is 0 Å². The fourth-order valence-corrected chi connectivity index (χ4v) is 2.60. The Morgan fingerprint density at radius 1 is 1.17 bits per heavy atom. The molecule has 0 spiro atoms. The normalized spacial score (nSPS) is 12.6. The molecule has 2 aromatic rings. The Labute approximate surface area is 140 Å². The molecule has 24 heavy (non-hydrogen) atoms. The lowest BCUT2D eigenvalue weighted by Gasteiger charge is -2.16. The van der Waals surface area contributed by atoms with Gasteiger partial charge >= 0.3 is 0 Å². The maximum absolute atomic E-state index is 11.1. The van der Waals surface area contributed by atoms with E-state index in [0.717, 1.165) is 23.1 Å². The van der Waals surface area contributed by atoms with Crippen molar-refractivity contribution in [3.8, 4) is 0 Å². The second-order valence-electron chi connectivity index (χ2n) is 5.51. The van der Waals surface area contributed by atoms with Crippen molar-refractivity contribution >= 4 is 21.4 Å². The van der Waals surface area contributed by atoms with E-state index >= 15 is 0 Å². The van der Waals surface area contributed by atoms with Crippen molar-refractivity contribution in [2.75, 3.05) is 11.6 Å². The van der Waals surface area contributed by atoms with Crippen LogP contribution in [0.3, 0.4) is 0 Å². The zero-order valence-electron chi connectivity index (χ0n) is 13.4. The standard InChI is InChI=1S/C16H19N3O4S/c1-12(14-4-3-5-16(10-14)19(20)21)18-15-8-6-13(7-9-15)11-17-24(2,22)23/h3-10,12,17-18H,11H2,1-2H3. The predicted molar refractivity (Wildman–Crippen MR) is 93.3 cm³/mol. The largest absolute Gasteiger partial charge is 0.379 e. The number of nitro groups is 1. The highest BCUT2D eigenvalue weighted by atomic mass is 32.2. The van der Waals surface area contributed by atoms with Crippen molar-refractivity contribution in [2.24, 2.45) is 0 Å². The second-order valence-corrected chi connectivity index (χ2v) is 7.34. The molecule has 2 N–H and O–H groups in total. The Balaban J connectivity index is 2.03. The summed E-state index contributed by atoms with van der Waals surface area (Å²) in [6.45, 7) is 2.15. The molecule has 128 valence electrons. The van der Waals surface area contributed by atoms with Crippen molar-refractivity contribution in [1.82, 2.24) is 4.72 Å². The first-order valence-corrected chi connectivity index (χ1v) is 9.18. The van der Waals surface area contributed by atoms with Gasteiger partial charge in [-0.15, -0.1) is 0 Å². The summed E-state index contributed by atoms with van der Waals surface area (Å²) >= 11 is 0. The number of hydrogen-bond donors (Lipinski definition) is 2. The van der Waals surface area contributed by atoms with E-state index in [-0.39, 0.29) is 18.3 Å². The van der Waals surface area contributed by atoms with Gasteiger partial charge in [0.05, 0.1) is 11.2 Å². The van der Waals surface area contributed by atoms with Crippen LogP contribution >= 0.6 is 0 Å². The minimum absolute atomic E-state index is 0.0587. The highest BCUT2D eigenvalue weighted by Gasteiger charge is 2.11. The van der Waals surface area contributed by atoms with Crippen LogP contribution in [0, 0.1) is 10.1 Å². The fourth-order valence-electron chi connectivity index (χ4n) is 2.17. The van der Waals surface area contributed by atoms with Crippen LogP contribution in [0.5, 0.6) is 0 Å². The number of hydrogen-bond acceptors (Lipinski definition) is 5. The number of non-ortho nitro benzene ring substituents is 1. The Kier molecular flexibility index (Phi) is 5.53. The lowest BCUT2D eigenvalue weighted by molar-refractivity contribution is -0.384. The average Bonchev–Trinajstić information content (AvgIpc) is 2.53. The number of nitro benzene ring substituents is 1. The van der Waals surface area contributed by atoms with Gasteiger partial charge in [0.1, 0.15) is 0 Å². The van der Waals surface area contributed by atoms with Crippen LogP contribution in [-0.2, 0) is 16.6 Å². The number of anilines is 1. The number of nitrogens with one attached hydrogen (secondary N) is 2. The summed E-state index contributed by atoms with van der Waals surface area (Å²) in [6.07, 6.45) is 1.11. The summed E-state index contributed by atoms with van der Waals surface area (Å²) < 4.78 is 24.6. The molecule has 0 saturated carbocycles. The van der Waals surface area contributed by atoms with E-state index < -0.39 is 14.9 Å². The molecule has 2 aromatic carbocycles. The number of rotatable bonds is 7. The third-order valence-corrected chi connectivity index (χ3v) is 4.13. The van der Waals surface area contributed by atoms with Gasteiger partial charge in [-0.1, -0.05) is 24.3 Å². The molecule has 0 fully saturated rings. The fraction of sp³-hybridized carbons (Fsp3) is 0.250. The van der Waals surface area contributed by atoms with Crippen LogP contribution in [0.4, 0.5) is 11.4 Å². The molecule has 2 rings (SSSR count). The molecule has 0 amide bonds. The first kappa shape index (κ1) is 17.9. The quantitative estimate of drug-likeness (QED) is 0.591. The predicted octanol–water partition coefficient (Wildman–Crippen LogP) is 2.82. The molecule has 0 aliphatic rings. The molecule has 0 aliphatic heterocycles. The van der Waals surface area contributed by atoms with E-state index in [2.05, 4.69) is 10.0 Å². The van der Waals surface area contributed by atoms with E-state index in [1.54, 1.807) is 12.1 Å². The second kappa shape index (κ2) is 7.41. The maximum atomic E-state index is 11.1. The smallest absolute Gasteiger partial charge is 0.269 e. The minimum Gasteiger partial charge on any atom is -0.379 e. The lowest BCUT2D eigenvalue weighted by atomic mass is 10.1. The van der Waals surface area contributed by atoms with Gasteiger partial charge < -0.3 is 5.32 Å². The van der Waals surface area contributed by atoms with Gasteiger partial charge in [0, 0.05) is 30.4 Å². The van der Waals surface area contributed by atoms with Crippen molar-refractivity contribution in [3.05, 3.63) is 69.8 Å². The van der Waals surface area contributed by atoms with Crippen LogP contribution in [0.1, 0.15) is 24.1 Å². The summed E-state index contributed by atoms with van der Waals surface area (Å²) in [7, 11) is -3.22. The van der Waals surface area contributed by atoms with Crippen LogP contribution in [0.25, 0.3) is 0 Å². The lowest BCUT2D eigenvalue weighted by Crippen LogP contribution is -2.21. The molecular weight excluding hydrogens is 330 g/mol. The van der Waals surface area contributed by atoms with E-state index in [9.17, 15) is 18.5 Å². The van der Waals surface area contributed by atoms with Crippen LogP contribution < -0.4 is 10.0 Å². The zero-order chi connectivity index (χ0) is 17.7. The minimum atomic E-state index is -3.22. The molecule has 0 heterocycles. The van der Waals surface area contributed by atoms with E-state index in [0.29, 0.717) is 0 Å². The molecule has 1 unspecified atom stereocenters. The van der Waals surface area contributed by atoms with Crippen molar-refractivity contribution in [3.63, 3.8) is 0 Å². The van der Waals surface area contributed by atoms with Gasteiger partial charge in [0.2, 0.25) is 10.0 Å². The molecule has 8 heteroatoms. The van der Waals surface area contributed by atoms with Gasteiger partial charge in [0.15, 0.2) is 0 Å². The number of sulfonamides is 1. The average molecular weight is 349 g/mol. The summed E-state index contributed by atoms with van der Waals surface area (Å²) in [4.78, 5) is 10.4. The molecule has 0 bridgehead atoms. The Morgan fingerprint density at radius 2 is 1.83 bits per heavy atom. The van der Waals surface area contributed by atoms with E-state index in [1.165, 1.54) is 6.07 Å². The Morgan fingerprint density at radius 3 is 2.42 bits per heavy atom. The zero-order valence-corrected chi connectivity index (χ0v) is 14.2. The third-order valence-electron chi connectivity index (χ3n) is 3.46. The molecular formula is C16H19N3O4S. The van der Waals surface area contributed by atoms with E-state index in [1.807, 2.05) is 37.3 Å². The van der Waals surface area contributed by atoms with Crippen molar-refractivity contribution in [2.45, 2.75) is 19.5 Å². The molecule has 0 saturated heterocycles. The van der Waals surface area contributed by atoms with Gasteiger partial charge in [-0.25, -0.2) is 13.1 Å². The first-order chi connectivity index (χ1) is 11.2. The molecule has 7 nitrogen and oxygen atoms in total. The number of benzene rings is 2. The highest BCUT2D eigenvalue weighted by molar-refractivity contribution is 7.88. The highest BCUT2D eigenvalue weighted by Crippen LogP contribution is 2.23. The first-order valence-electron chi connectivity index (χ1n) is 7.29. The third kappa shape index (κ3) is 5.32. The Hall–Kier alpha value is -2.45. The molecule has 1 atom stereocenters. The summed E-state index contributed by atoms with van der Waals surface area (Å²) in [5.74, 6) is 0. The molecule has 0 aromatic heterocycles. The van der Waals surface area contributed by atoms with Gasteiger partial charge in [-0.05, 0) is 30.2 Å². The topological polar surface area (TPSA) is 101 Å². The van der Waals surface area contributed by atoms with Gasteiger partial charge in [0.25, 0.3) is 5.69 Å². The summed E-state index contributed by atoms with van der Waals surface area (Å²) in [6, 6.07) is 13.7. The summed E-state index contributed by atoms with van der Waals surface area (Å²) in [5.41, 5.74) is 2.56. The summed E-state index contributed by atoms with van der Waals surface area (Å²) in [5, 5.41) is 14.1. The Bertz CT molecular complexity index is 819. The van der Waals surface area contributed by atoms with Crippen molar-refractivity contribution in [1.29, 1.82) is 0 Å². The number of nitrogens with zero attached hydrogens (tertiary/aromatic N) is 1. The maximum Gasteiger partial charge on any atom is 0.269 e. The monoisotopic (exact) mass is 349 g/mol. The van der Waals surface area contributed by atoms with Crippen LogP contribution in [0.2, 0.25) is 0 Å². The molecule has 0 radical (unpaired) electrons. The van der Waals surface area contributed by atoms with Gasteiger partial charge in [-0.2, -0.15) is 0 Å². The van der Waals surface area contributed by atoms with Gasteiger partial charge in [-0.3, -0.25) is 10.1 Å². The van der Waals surface area contributed by atoms with Crippen LogP contribution in [0.15, 0.2) is 48.5 Å².